The van der Waals surface area contributed by atoms with Crippen molar-refractivity contribution in [2.24, 2.45) is 5.92 Å². The molecule has 1 aliphatic rings. The van der Waals surface area contributed by atoms with Crippen molar-refractivity contribution in [3.05, 3.63) is 69.7 Å². The van der Waals surface area contributed by atoms with Crippen molar-refractivity contribution < 1.29 is 14.3 Å². The number of carbonyl (C=O) groups excluding carboxylic acids is 2. The van der Waals surface area contributed by atoms with Gasteiger partial charge in [0.25, 0.3) is 0 Å². The molecule has 0 aromatic heterocycles. The summed E-state index contributed by atoms with van der Waals surface area (Å²) in [6.45, 7) is 1.99. The summed E-state index contributed by atoms with van der Waals surface area (Å²) in [5.41, 5.74) is 1.90. The van der Waals surface area contributed by atoms with E-state index in [1.807, 2.05) is 24.3 Å². The van der Waals surface area contributed by atoms with Crippen LogP contribution in [0.25, 0.3) is 0 Å². The van der Waals surface area contributed by atoms with Gasteiger partial charge in [0.1, 0.15) is 11.7 Å². The van der Waals surface area contributed by atoms with Crippen LogP contribution in [0.4, 0.5) is 0 Å². The molecule has 3 rings (SSSR count). The van der Waals surface area contributed by atoms with E-state index in [-0.39, 0.29) is 24.2 Å². The number of carbonyl (C=O) groups is 2. The Hall–Kier alpha value is -1.84. The number of halogens is 2. The van der Waals surface area contributed by atoms with Crippen molar-refractivity contribution in [2.75, 3.05) is 6.61 Å². The van der Waals surface area contributed by atoms with E-state index in [0.29, 0.717) is 16.5 Å². The molecular weight excluding hydrogens is 359 g/mol. The number of ether oxygens (including phenoxy) is 1. The van der Waals surface area contributed by atoms with Crippen LogP contribution in [0.3, 0.4) is 0 Å². The van der Waals surface area contributed by atoms with Crippen LogP contribution in [-0.4, -0.2) is 18.4 Å². The highest BCUT2D eigenvalue weighted by molar-refractivity contribution is 6.30. The van der Waals surface area contributed by atoms with Gasteiger partial charge in [0.15, 0.2) is 0 Å². The first kappa shape index (κ1) is 18.0. The Kier molecular flexibility index (Phi) is 5.45. The zero-order valence-corrected chi connectivity index (χ0v) is 15.3. The Morgan fingerprint density at radius 3 is 2.04 bits per heavy atom. The molecular formula is C20H18Cl2O3. The Balaban J connectivity index is 2.04. The molecule has 1 saturated carbocycles. The summed E-state index contributed by atoms with van der Waals surface area (Å²) in [5, 5.41) is 1.25. The van der Waals surface area contributed by atoms with E-state index in [0.717, 1.165) is 11.1 Å². The highest BCUT2D eigenvalue weighted by Gasteiger charge is 2.48. The lowest BCUT2D eigenvalue weighted by Crippen LogP contribution is -2.27. The van der Waals surface area contributed by atoms with Crippen LogP contribution in [0, 0.1) is 5.92 Å². The number of hydrogen-bond acceptors (Lipinski definition) is 3. The molecule has 3 atom stereocenters. The molecule has 2 aromatic rings. The van der Waals surface area contributed by atoms with Gasteiger partial charge in [-0.25, -0.2) is 0 Å². The summed E-state index contributed by atoms with van der Waals surface area (Å²) in [6.07, 6.45) is 0.304. The van der Waals surface area contributed by atoms with E-state index in [9.17, 15) is 9.59 Å². The smallest absolute Gasteiger partial charge is 0.317 e. The van der Waals surface area contributed by atoms with Crippen LogP contribution in [0.1, 0.15) is 36.3 Å². The first-order valence-corrected chi connectivity index (χ1v) is 8.97. The zero-order valence-electron chi connectivity index (χ0n) is 13.7. The summed E-state index contributed by atoms with van der Waals surface area (Å²) in [4.78, 5) is 25.1. The van der Waals surface area contributed by atoms with Crippen LogP contribution in [-0.2, 0) is 14.3 Å². The Labute approximate surface area is 156 Å². The fourth-order valence-electron chi connectivity index (χ4n) is 3.56. The van der Waals surface area contributed by atoms with Gasteiger partial charge < -0.3 is 4.74 Å². The lowest BCUT2D eigenvalue weighted by Gasteiger charge is -2.24. The van der Waals surface area contributed by atoms with E-state index < -0.39 is 11.9 Å². The molecule has 0 spiro atoms. The van der Waals surface area contributed by atoms with Crippen LogP contribution < -0.4 is 0 Å². The Morgan fingerprint density at radius 1 is 1.00 bits per heavy atom. The Bertz CT molecular complexity index is 769. The van der Waals surface area contributed by atoms with Crippen molar-refractivity contribution in [1.82, 2.24) is 0 Å². The summed E-state index contributed by atoms with van der Waals surface area (Å²) in [7, 11) is 0. The second-order valence-electron chi connectivity index (χ2n) is 6.14. The van der Waals surface area contributed by atoms with Crippen molar-refractivity contribution >= 4 is 35.0 Å². The number of benzene rings is 2. The van der Waals surface area contributed by atoms with Gasteiger partial charge in [-0.1, -0.05) is 47.5 Å². The fourth-order valence-corrected chi connectivity index (χ4v) is 3.81. The van der Waals surface area contributed by atoms with Crippen LogP contribution in [0.2, 0.25) is 10.0 Å². The van der Waals surface area contributed by atoms with Gasteiger partial charge in [0.05, 0.1) is 6.61 Å². The number of ketones is 1. The van der Waals surface area contributed by atoms with Crippen LogP contribution in [0.15, 0.2) is 48.5 Å². The second-order valence-corrected chi connectivity index (χ2v) is 7.01. The SMILES string of the molecule is CCOC(=O)[C@H]1C(=O)C[C@@H](c2ccc(Cl)cc2)[C@@H]1c1ccc(Cl)cc1. The van der Waals surface area contributed by atoms with Gasteiger partial charge in [-0.15, -0.1) is 0 Å². The third kappa shape index (κ3) is 3.73. The van der Waals surface area contributed by atoms with Gasteiger partial charge in [-0.05, 0) is 48.2 Å². The minimum absolute atomic E-state index is 0.0849. The highest BCUT2D eigenvalue weighted by atomic mass is 35.5. The van der Waals surface area contributed by atoms with Crippen LogP contribution in [0.5, 0.6) is 0 Å². The average Bonchev–Trinajstić information content (AvgIpc) is 2.94. The van der Waals surface area contributed by atoms with Crippen molar-refractivity contribution in [1.29, 1.82) is 0 Å². The van der Waals surface area contributed by atoms with E-state index >= 15 is 0 Å². The van der Waals surface area contributed by atoms with Crippen LogP contribution >= 0.6 is 23.2 Å². The largest absolute Gasteiger partial charge is 0.465 e. The van der Waals surface area contributed by atoms with Gasteiger partial charge in [-0.3, -0.25) is 9.59 Å². The van der Waals surface area contributed by atoms with E-state index in [1.54, 1.807) is 31.2 Å². The lowest BCUT2D eigenvalue weighted by atomic mass is 9.80. The minimum atomic E-state index is -0.790. The maximum absolute atomic E-state index is 12.6. The quantitative estimate of drug-likeness (QED) is 0.556. The zero-order chi connectivity index (χ0) is 18.0. The summed E-state index contributed by atoms with van der Waals surface area (Å²) in [6, 6.07) is 14.7. The predicted molar refractivity (Wildman–Crippen MR) is 98.1 cm³/mol. The maximum atomic E-state index is 12.6. The molecule has 3 nitrogen and oxygen atoms in total. The molecule has 5 heteroatoms. The monoisotopic (exact) mass is 376 g/mol. The number of hydrogen-bond donors (Lipinski definition) is 0. The number of Topliss-reactive ketones (excluding diaryl/α,β-unsaturated/α-hetero) is 1. The molecule has 130 valence electrons. The lowest BCUT2D eigenvalue weighted by molar-refractivity contribution is -0.151. The standard InChI is InChI=1S/C20H18Cl2O3/c1-2-25-20(24)19-17(23)11-16(12-3-7-14(21)8-4-12)18(19)13-5-9-15(22)10-6-13/h3-10,16,18-19H,2,11H2,1H3/t16-,18-,19-/m0/s1. The summed E-state index contributed by atoms with van der Waals surface area (Å²) in [5.74, 6) is -1.70. The molecule has 1 fully saturated rings. The second kappa shape index (κ2) is 7.59. The topological polar surface area (TPSA) is 43.4 Å². The number of rotatable bonds is 4. The molecule has 0 heterocycles. The van der Waals surface area contributed by atoms with Crippen molar-refractivity contribution in [3.8, 4) is 0 Å². The Morgan fingerprint density at radius 2 is 1.52 bits per heavy atom. The third-order valence-corrected chi connectivity index (χ3v) is 5.16. The summed E-state index contributed by atoms with van der Waals surface area (Å²) >= 11 is 12.0. The average molecular weight is 377 g/mol. The molecule has 0 bridgehead atoms. The molecule has 0 aliphatic heterocycles. The van der Waals surface area contributed by atoms with Crippen molar-refractivity contribution in [3.63, 3.8) is 0 Å². The molecule has 0 unspecified atom stereocenters. The molecule has 1 aliphatic carbocycles. The number of esters is 1. The highest BCUT2D eigenvalue weighted by Crippen LogP contribution is 2.48. The van der Waals surface area contributed by atoms with E-state index in [4.69, 9.17) is 27.9 Å². The molecule has 2 aromatic carbocycles. The normalized spacial score (nSPS) is 22.8. The predicted octanol–water partition coefficient (Wildman–Crippen LogP) is 5.01. The van der Waals surface area contributed by atoms with Gasteiger partial charge in [0, 0.05) is 22.4 Å². The molecule has 0 saturated heterocycles. The minimum Gasteiger partial charge on any atom is -0.465 e. The fraction of sp³-hybridized carbons (Fsp3) is 0.300. The van der Waals surface area contributed by atoms with Gasteiger partial charge >= 0.3 is 5.97 Å². The first-order valence-electron chi connectivity index (χ1n) is 8.21. The molecule has 25 heavy (non-hydrogen) atoms. The molecule has 0 radical (unpaired) electrons. The molecule has 0 N–H and O–H groups in total. The van der Waals surface area contributed by atoms with Gasteiger partial charge in [0.2, 0.25) is 0 Å². The summed E-state index contributed by atoms with van der Waals surface area (Å²) < 4.78 is 5.17. The first-order chi connectivity index (χ1) is 12.0. The van der Waals surface area contributed by atoms with Gasteiger partial charge in [-0.2, -0.15) is 0 Å². The van der Waals surface area contributed by atoms with E-state index in [1.165, 1.54) is 0 Å². The van der Waals surface area contributed by atoms with E-state index in [2.05, 4.69) is 0 Å². The maximum Gasteiger partial charge on any atom is 0.317 e. The third-order valence-electron chi connectivity index (χ3n) is 4.65. The van der Waals surface area contributed by atoms with Crippen molar-refractivity contribution in [2.45, 2.75) is 25.2 Å². The molecule has 0 amide bonds.